The zero-order chi connectivity index (χ0) is 40.8. The fourth-order valence-electron chi connectivity index (χ4n) is 6.08. The summed E-state index contributed by atoms with van der Waals surface area (Å²) in [5.74, 6) is 0.206. The molecule has 0 amide bonds. The van der Waals surface area contributed by atoms with E-state index in [2.05, 4.69) is 95.2 Å². The van der Waals surface area contributed by atoms with Gasteiger partial charge >= 0.3 is 0 Å². The largest absolute Gasteiger partial charge is 0.699 e. The van der Waals surface area contributed by atoms with Crippen LogP contribution in [0.1, 0.15) is 166 Å². The molecule has 4 rings (SSSR count). The minimum absolute atomic E-state index is 0. The van der Waals surface area contributed by atoms with E-state index < -0.39 is 0 Å². The third-order valence-corrected chi connectivity index (χ3v) is 9.43. The normalized spacial score (nSPS) is 11.9. The molecule has 0 saturated carbocycles. The van der Waals surface area contributed by atoms with Crippen LogP contribution >= 0.6 is 0 Å². The van der Waals surface area contributed by atoms with E-state index in [1.165, 1.54) is 0 Å². The average molecular weight is 788 g/mol. The fraction of sp³-hybridized carbons (Fsp3) is 0.458. The van der Waals surface area contributed by atoms with Gasteiger partial charge in [-0.1, -0.05) is 181 Å². The topological polar surface area (TPSA) is 110 Å². The summed E-state index contributed by atoms with van der Waals surface area (Å²) in [4.78, 5) is 25.0. The SMILES string of the molecule is CCCC(=O)c1ccccc1[N-]c1cc(C(C)(C)C)cc(C(C)(C)C)c1[NH-].CCCC(=O)c1ccccc1[N-]c1cc(C(C)(C)C)cc(C(C)(C)C)c1[NH-].[Ni]. The number of rotatable bonds is 10. The molecule has 0 atom stereocenters. The van der Waals surface area contributed by atoms with Gasteiger partial charge in [0.15, 0.2) is 11.6 Å². The molecule has 55 heavy (non-hydrogen) atoms. The average Bonchev–Trinajstić information content (AvgIpc) is 3.05. The van der Waals surface area contributed by atoms with Gasteiger partial charge in [0.2, 0.25) is 0 Å². The predicted octanol–water partition coefficient (Wildman–Crippen LogP) is 16.6. The monoisotopic (exact) mass is 786 g/mol. The van der Waals surface area contributed by atoms with Crippen molar-refractivity contribution in [1.82, 2.24) is 0 Å². The first-order valence-corrected chi connectivity index (χ1v) is 19.4. The second-order valence-electron chi connectivity index (χ2n) is 18.4. The number of Topliss-reactive ketones (excluding diaryl/α,β-unsaturated/α-hetero) is 2. The summed E-state index contributed by atoms with van der Waals surface area (Å²) >= 11 is 0. The van der Waals surface area contributed by atoms with E-state index in [1.807, 2.05) is 74.5 Å². The molecule has 0 bridgehead atoms. The molecule has 6 nitrogen and oxygen atoms in total. The van der Waals surface area contributed by atoms with Crippen LogP contribution in [-0.4, -0.2) is 11.6 Å². The van der Waals surface area contributed by atoms with Gasteiger partial charge in [-0.25, -0.2) is 0 Å². The molecule has 0 aromatic heterocycles. The van der Waals surface area contributed by atoms with Gasteiger partial charge in [-0.2, -0.15) is 22.7 Å². The maximum absolute atomic E-state index is 12.5. The van der Waals surface area contributed by atoms with Gasteiger partial charge in [-0.05, 0) is 45.6 Å². The molecule has 0 unspecified atom stereocenters. The molecule has 0 aliphatic carbocycles. The van der Waals surface area contributed by atoms with E-state index in [0.29, 0.717) is 58.1 Å². The number of nitrogens with zero attached hydrogens (tertiary/aromatic N) is 2. The summed E-state index contributed by atoms with van der Waals surface area (Å²) < 4.78 is 0. The quantitative estimate of drug-likeness (QED) is 0.118. The number of hydrogen-bond acceptors (Lipinski definition) is 2. The smallest absolute Gasteiger partial charge is 0.161 e. The van der Waals surface area contributed by atoms with Crippen LogP contribution in [0.25, 0.3) is 22.1 Å². The molecule has 0 heterocycles. The summed E-state index contributed by atoms with van der Waals surface area (Å²) in [7, 11) is 0. The Morgan fingerprint density at radius 2 is 0.800 bits per heavy atom. The number of nitrogens with one attached hydrogen (secondary N) is 2. The molecule has 0 aliphatic heterocycles. The van der Waals surface area contributed by atoms with Crippen molar-refractivity contribution < 1.29 is 26.1 Å². The maximum atomic E-state index is 12.5. The summed E-state index contributed by atoms with van der Waals surface area (Å²) in [5, 5.41) is 9.57. The molecule has 0 spiro atoms. The van der Waals surface area contributed by atoms with Crippen molar-refractivity contribution >= 4 is 45.7 Å². The Hall–Kier alpha value is -4.09. The Balaban J connectivity index is 0.000000373. The van der Waals surface area contributed by atoms with Gasteiger partial charge in [0.05, 0.1) is 0 Å². The summed E-state index contributed by atoms with van der Waals surface area (Å²) in [6.07, 6.45) is 2.64. The Morgan fingerprint density at radius 1 is 0.491 bits per heavy atom. The molecule has 7 heteroatoms. The van der Waals surface area contributed by atoms with E-state index in [9.17, 15) is 9.59 Å². The molecule has 2 N–H and O–H groups in total. The third-order valence-electron chi connectivity index (χ3n) is 9.43. The van der Waals surface area contributed by atoms with Crippen molar-refractivity contribution in [2.24, 2.45) is 0 Å². The van der Waals surface area contributed by atoms with Crippen LogP contribution in [0.2, 0.25) is 0 Å². The standard InChI is InChI=1S/2C24H33N2O.Ni/c2*1-8-11-21(27)17-12-9-10-13-19(17)26-20-15-16(23(2,3)4)14-18(22(20)25)24(5,6)7;/h2*9-10,12-15,25H,8,11H2,1-7H3,(H,26,27);/q2*-1;/p-2. The third kappa shape index (κ3) is 12.5. The van der Waals surface area contributed by atoms with Crippen molar-refractivity contribution in [1.29, 1.82) is 0 Å². The number of carbonyl (C=O) groups is 2. The Kier molecular flexibility index (Phi) is 16.0. The first-order valence-electron chi connectivity index (χ1n) is 19.4. The van der Waals surface area contributed by atoms with Crippen molar-refractivity contribution in [3.8, 4) is 0 Å². The van der Waals surface area contributed by atoms with Crippen LogP contribution in [0.4, 0.5) is 34.1 Å². The van der Waals surface area contributed by atoms with Gasteiger partial charge in [-0.3, -0.25) is 9.59 Å². The zero-order valence-corrected chi connectivity index (χ0v) is 36.8. The van der Waals surface area contributed by atoms with Gasteiger partial charge in [0.1, 0.15) is 0 Å². The van der Waals surface area contributed by atoms with Gasteiger partial charge < -0.3 is 22.1 Å². The van der Waals surface area contributed by atoms with Crippen LogP contribution in [0.3, 0.4) is 0 Å². The summed E-state index contributed by atoms with van der Waals surface area (Å²) in [5.41, 5.74) is 26.0. The van der Waals surface area contributed by atoms with E-state index in [-0.39, 0.29) is 49.7 Å². The number of para-hydroxylation sites is 2. The molecule has 4 aromatic rings. The number of hydrogen-bond donors (Lipinski definition) is 0. The fourth-order valence-corrected chi connectivity index (χ4v) is 6.08. The van der Waals surface area contributed by atoms with Crippen LogP contribution in [0.15, 0.2) is 72.8 Å². The number of carbonyl (C=O) groups excluding carboxylic acids is 2. The number of ketones is 2. The first-order chi connectivity index (χ1) is 24.9. The Morgan fingerprint density at radius 3 is 1.07 bits per heavy atom. The minimum Gasteiger partial charge on any atom is -0.699 e. The first kappa shape index (κ1) is 47.1. The van der Waals surface area contributed by atoms with Gasteiger partial charge in [-0.15, -0.1) is 11.4 Å². The molecule has 0 saturated heterocycles. The van der Waals surface area contributed by atoms with Crippen molar-refractivity contribution in [2.75, 3.05) is 0 Å². The van der Waals surface area contributed by atoms with E-state index in [0.717, 1.165) is 35.1 Å². The van der Waals surface area contributed by atoms with Gasteiger partial charge in [0, 0.05) is 40.5 Å². The molecular formula is C48H64N4NiO2-4. The number of benzene rings is 4. The molecule has 0 fully saturated rings. The van der Waals surface area contributed by atoms with Gasteiger partial charge in [0.25, 0.3) is 0 Å². The Bertz CT molecular complexity index is 1790. The molecular weight excluding hydrogens is 723 g/mol. The second-order valence-corrected chi connectivity index (χ2v) is 18.4. The molecule has 4 aromatic carbocycles. The summed E-state index contributed by atoms with van der Waals surface area (Å²) in [6.45, 7) is 29.7. The van der Waals surface area contributed by atoms with Crippen LogP contribution in [0.5, 0.6) is 0 Å². The van der Waals surface area contributed by atoms with E-state index in [1.54, 1.807) is 0 Å². The molecule has 0 radical (unpaired) electrons. The molecule has 0 aliphatic rings. The van der Waals surface area contributed by atoms with E-state index >= 15 is 0 Å². The predicted molar refractivity (Wildman–Crippen MR) is 232 cm³/mol. The van der Waals surface area contributed by atoms with Crippen molar-refractivity contribution in [3.63, 3.8) is 0 Å². The van der Waals surface area contributed by atoms with Crippen LogP contribution in [0, 0.1) is 0 Å². The van der Waals surface area contributed by atoms with Crippen molar-refractivity contribution in [2.45, 2.75) is 144 Å². The maximum Gasteiger partial charge on any atom is 0.161 e. The van der Waals surface area contributed by atoms with Crippen LogP contribution < -0.4 is 0 Å². The summed E-state index contributed by atoms with van der Waals surface area (Å²) in [6, 6.07) is 23.2. The second kappa shape index (κ2) is 18.7. The Labute approximate surface area is 343 Å². The van der Waals surface area contributed by atoms with Crippen LogP contribution in [-0.2, 0) is 38.2 Å². The van der Waals surface area contributed by atoms with Crippen molar-refractivity contribution in [3.05, 3.63) is 128 Å². The van der Waals surface area contributed by atoms with E-state index in [4.69, 9.17) is 22.1 Å². The minimum atomic E-state index is -0.153. The zero-order valence-electron chi connectivity index (χ0n) is 35.8. The molecule has 302 valence electrons.